The quantitative estimate of drug-likeness (QED) is 0.524. The molecular weight excluding hydrogens is 327 g/mol. The maximum atomic E-state index is 6.15. The zero-order valence-corrected chi connectivity index (χ0v) is 13.5. The van der Waals surface area contributed by atoms with E-state index in [0.717, 1.165) is 16.9 Å². The van der Waals surface area contributed by atoms with Gasteiger partial charge in [0.05, 0.1) is 15.6 Å². The van der Waals surface area contributed by atoms with Gasteiger partial charge in [0.15, 0.2) is 0 Å². The fourth-order valence-corrected chi connectivity index (χ4v) is 2.19. The Labute approximate surface area is 139 Å². The molecule has 0 saturated heterocycles. The second-order valence-electron chi connectivity index (χ2n) is 4.24. The lowest BCUT2D eigenvalue weighted by Gasteiger charge is -2.10. The monoisotopic (exact) mass is 338 g/mol. The Bertz CT molecular complexity index is 671. The molecule has 21 heavy (non-hydrogen) atoms. The first-order chi connectivity index (χ1) is 10.2. The highest BCUT2D eigenvalue weighted by Gasteiger charge is 2.06. The van der Waals surface area contributed by atoms with Gasteiger partial charge in [-0.15, -0.1) is 11.6 Å². The van der Waals surface area contributed by atoms with E-state index in [1.54, 1.807) is 6.07 Å². The molecule has 0 aromatic heterocycles. The van der Waals surface area contributed by atoms with Crippen molar-refractivity contribution in [2.24, 2.45) is 0 Å². The van der Waals surface area contributed by atoms with E-state index in [1.165, 1.54) is 0 Å². The fraction of sp³-hybridized carbons (Fsp3) is 0.176. The van der Waals surface area contributed by atoms with Crippen molar-refractivity contribution in [3.63, 3.8) is 0 Å². The van der Waals surface area contributed by atoms with Crippen LogP contribution < -0.4 is 4.74 Å². The van der Waals surface area contributed by atoms with Crippen LogP contribution in [0.15, 0.2) is 42.5 Å². The van der Waals surface area contributed by atoms with E-state index in [-0.39, 0.29) is 0 Å². The minimum absolute atomic E-state index is 0.341. The highest BCUT2D eigenvalue weighted by Crippen LogP contribution is 2.27. The highest BCUT2D eigenvalue weighted by molar-refractivity contribution is 6.42. The minimum Gasteiger partial charge on any atom is -0.488 e. The molecule has 4 heteroatoms. The van der Waals surface area contributed by atoms with Gasteiger partial charge in [0, 0.05) is 17.9 Å². The largest absolute Gasteiger partial charge is 0.488 e. The van der Waals surface area contributed by atoms with E-state index in [9.17, 15) is 0 Å². The fourth-order valence-electron chi connectivity index (χ4n) is 1.72. The molecule has 108 valence electrons. The molecule has 0 aliphatic rings. The van der Waals surface area contributed by atoms with Crippen LogP contribution in [0.4, 0.5) is 0 Å². The van der Waals surface area contributed by atoms with Crippen molar-refractivity contribution in [1.29, 1.82) is 0 Å². The van der Waals surface area contributed by atoms with Crippen molar-refractivity contribution in [1.82, 2.24) is 0 Å². The Morgan fingerprint density at radius 2 is 1.81 bits per heavy atom. The van der Waals surface area contributed by atoms with Gasteiger partial charge in [0.25, 0.3) is 0 Å². The van der Waals surface area contributed by atoms with Crippen LogP contribution in [-0.4, -0.2) is 5.88 Å². The lowest BCUT2D eigenvalue weighted by Crippen LogP contribution is -1.98. The number of halogens is 3. The first kappa shape index (κ1) is 16.0. The molecule has 0 aliphatic carbocycles. The average Bonchev–Trinajstić information content (AvgIpc) is 2.50. The van der Waals surface area contributed by atoms with Crippen LogP contribution in [-0.2, 0) is 6.61 Å². The van der Waals surface area contributed by atoms with Crippen LogP contribution in [0.2, 0.25) is 10.0 Å². The molecule has 2 rings (SSSR count). The number of benzene rings is 2. The third-order valence-electron chi connectivity index (χ3n) is 2.74. The number of hydrogen-bond acceptors (Lipinski definition) is 1. The van der Waals surface area contributed by atoms with Crippen molar-refractivity contribution in [2.75, 3.05) is 5.88 Å². The molecular formula is C17H13Cl3O. The first-order valence-electron chi connectivity index (χ1n) is 6.42. The molecule has 0 amide bonds. The number of rotatable bonds is 4. The van der Waals surface area contributed by atoms with Gasteiger partial charge in [-0.3, -0.25) is 0 Å². The Morgan fingerprint density at radius 1 is 1.00 bits per heavy atom. The minimum atomic E-state index is 0.341. The average molecular weight is 340 g/mol. The number of hydrogen-bond donors (Lipinski definition) is 0. The Hall–Kier alpha value is -1.33. The Balaban J connectivity index is 2.14. The van der Waals surface area contributed by atoms with Crippen LogP contribution in [0, 0.1) is 11.8 Å². The second-order valence-corrected chi connectivity index (χ2v) is 5.40. The van der Waals surface area contributed by atoms with Gasteiger partial charge >= 0.3 is 0 Å². The summed E-state index contributed by atoms with van der Waals surface area (Å²) in [5, 5.41) is 1.04. The maximum Gasteiger partial charge on any atom is 0.135 e. The molecule has 0 aliphatic heterocycles. The summed E-state index contributed by atoms with van der Waals surface area (Å²) < 4.78 is 5.81. The van der Waals surface area contributed by atoms with E-state index in [1.807, 2.05) is 36.4 Å². The van der Waals surface area contributed by atoms with Gasteiger partial charge in [-0.25, -0.2) is 0 Å². The molecule has 0 spiro atoms. The van der Waals surface area contributed by atoms with Crippen LogP contribution in [0.3, 0.4) is 0 Å². The van der Waals surface area contributed by atoms with Crippen molar-refractivity contribution >= 4 is 34.8 Å². The van der Waals surface area contributed by atoms with Crippen LogP contribution in [0.25, 0.3) is 0 Å². The summed E-state index contributed by atoms with van der Waals surface area (Å²) in [5.74, 6) is 7.30. The molecule has 2 aromatic rings. The molecule has 0 saturated carbocycles. The number of alkyl halides is 1. The predicted molar refractivity (Wildman–Crippen MR) is 89.5 cm³/mol. The molecule has 0 heterocycles. The molecule has 0 bridgehead atoms. The predicted octanol–water partition coefficient (Wildman–Crippen LogP) is 5.55. The molecule has 0 fully saturated rings. The van der Waals surface area contributed by atoms with Gasteiger partial charge < -0.3 is 4.74 Å². The lowest BCUT2D eigenvalue weighted by atomic mass is 10.2. The molecule has 0 N–H and O–H groups in total. The second kappa shape index (κ2) is 8.20. The summed E-state index contributed by atoms with van der Waals surface area (Å²) in [6.07, 6.45) is 0.649. The summed E-state index contributed by atoms with van der Waals surface area (Å²) in [4.78, 5) is 0. The molecule has 0 atom stereocenters. The van der Waals surface area contributed by atoms with Gasteiger partial charge in [-0.05, 0) is 18.2 Å². The topological polar surface area (TPSA) is 9.23 Å². The summed E-state index contributed by atoms with van der Waals surface area (Å²) in [5.41, 5.74) is 1.67. The molecule has 0 radical (unpaired) electrons. The molecule has 2 aromatic carbocycles. The number of para-hydroxylation sites is 1. The van der Waals surface area contributed by atoms with E-state index in [4.69, 9.17) is 39.5 Å². The zero-order chi connectivity index (χ0) is 15.1. The van der Waals surface area contributed by atoms with Crippen LogP contribution in [0.5, 0.6) is 5.75 Å². The van der Waals surface area contributed by atoms with Crippen molar-refractivity contribution in [3.8, 4) is 17.6 Å². The summed E-state index contributed by atoms with van der Waals surface area (Å²) in [6.45, 7) is 0.341. The van der Waals surface area contributed by atoms with Gasteiger partial charge in [-0.2, -0.15) is 0 Å². The SMILES string of the molecule is ClCCC#Cc1ccccc1OCc1cccc(Cl)c1Cl. The van der Waals surface area contributed by atoms with E-state index < -0.39 is 0 Å². The van der Waals surface area contributed by atoms with Gasteiger partial charge in [-0.1, -0.05) is 59.3 Å². The smallest absolute Gasteiger partial charge is 0.135 e. The Kier molecular flexibility index (Phi) is 6.26. The van der Waals surface area contributed by atoms with Gasteiger partial charge in [0.2, 0.25) is 0 Å². The van der Waals surface area contributed by atoms with Crippen molar-refractivity contribution < 1.29 is 4.74 Å². The number of ether oxygens (including phenoxy) is 1. The molecule has 0 unspecified atom stereocenters. The summed E-state index contributed by atoms with van der Waals surface area (Å²) in [6, 6.07) is 13.1. The lowest BCUT2D eigenvalue weighted by molar-refractivity contribution is 0.305. The normalized spacial score (nSPS) is 9.86. The van der Waals surface area contributed by atoms with E-state index in [0.29, 0.717) is 29.0 Å². The van der Waals surface area contributed by atoms with Crippen molar-refractivity contribution in [2.45, 2.75) is 13.0 Å². The van der Waals surface area contributed by atoms with Crippen LogP contribution >= 0.6 is 34.8 Å². The maximum absolute atomic E-state index is 6.15. The first-order valence-corrected chi connectivity index (χ1v) is 7.71. The zero-order valence-electron chi connectivity index (χ0n) is 11.2. The van der Waals surface area contributed by atoms with Crippen LogP contribution in [0.1, 0.15) is 17.5 Å². The molecule has 1 nitrogen and oxygen atoms in total. The Morgan fingerprint density at radius 3 is 2.62 bits per heavy atom. The van der Waals surface area contributed by atoms with E-state index >= 15 is 0 Å². The van der Waals surface area contributed by atoms with Crippen molar-refractivity contribution in [3.05, 3.63) is 63.6 Å². The summed E-state index contributed by atoms with van der Waals surface area (Å²) in [7, 11) is 0. The third-order valence-corrected chi connectivity index (χ3v) is 3.79. The van der Waals surface area contributed by atoms with Gasteiger partial charge in [0.1, 0.15) is 12.4 Å². The highest BCUT2D eigenvalue weighted by atomic mass is 35.5. The third kappa shape index (κ3) is 4.58. The summed E-state index contributed by atoms with van der Waals surface area (Å²) >= 11 is 17.8. The standard InChI is InChI=1S/C17H13Cl3O/c18-11-4-3-7-13-6-1-2-10-16(13)21-12-14-8-5-9-15(19)17(14)20/h1-2,5-6,8-10H,4,11-12H2. The van der Waals surface area contributed by atoms with E-state index in [2.05, 4.69) is 11.8 Å².